The van der Waals surface area contributed by atoms with E-state index in [1.165, 1.54) is 11.8 Å². The molecule has 4 rings (SSSR count). The molecule has 0 unspecified atom stereocenters. The van der Waals surface area contributed by atoms with Crippen LogP contribution in [0.25, 0.3) is 0 Å². The minimum Gasteiger partial charge on any atom is -0.454 e. The van der Waals surface area contributed by atoms with Crippen LogP contribution < -0.4 is 0 Å². The van der Waals surface area contributed by atoms with E-state index in [2.05, 4.69) is 31.9 Å². The summed E-state index contributed by atoms with van der Waals surface area (Å²) < 4.78 is 12.3. The number of carbonyl (C=O) groups is 4. The molecule has 0 radical (unpaired) electrons. The molecule has 0 atom stereocenters. The highest BCUT2D eigenvalue weighted by Crippen LogP contribution is 2.33. The number of ether oxygens (including phenoxy) is 2. The summed E-state index contributed by atoms with van der Waals surface area (Å²) in [5.74, 6) is -1.98. The summed E-state index contributed by atoms with van der Waals surface area (Å²) in [6.07, 6.45) is 0. The van der Waals surface area contributed by atoms with E-state index in [-0.39, 0.29) is 22.7 Å². The van der Waals surface area contributed by atoms with Gasteiger partial charge in [-0.05, 0) is 48.5 Å². The standard InChI is InChI=1S/C30H20Br2O6S/c31-21-13-9-19(10-14-21)25(33)17-37-29(35)23-5-1-3-7-27(23)39-28-8-4-2-6-24(28)30(36)38-18-26(34)20-11-15-22(32)16-12-20/h1-16H,17-18H2. The Labute approximate surface area is 246 Å². The summed E-state index contributed by atoms with van der Waals surface area (Å²) in [4.78, 5) is 51.7. The van der Waals surface area contributed by atoms with Crippen molar-refractivity contribution in [1.82, 2.24) is 0 Å². The number of hydrogen-bond acceptors (Lipinski definition) is 7. The van der Waals surface area contributed by atoms with Crippen LogP contribution in [0.4, 0.5) is 0 Å². The number of hydrogen-bond donors (Lipinski definition) is 0. The first kappa shape index (κ1) is 28.5. The number of ketones is 2. The van der Waals surface area contributed by atoms with Crippen molar-refractivity contribution in [2.24, 2.45) is 0 Å². The van der Waals surface area contributed by atoms with Gasteiger partial charge < -0.3 is 9.47 Å². The van der Waals surface area contributed by atoms with Gasteiger partial charge >= 0.3 is 11.9 Å². The van der Waals surface area contributed by atoms with Crippen molar-refractivity contribution in [3.05, 3.63) is 128 Å². The molecule has 6 nitrogen and oxygen atoms in total. The molecule has 0 spiro atoms. The van der Waals surface area contributed by atoms with Crippen LogP contribution in [0.2, 0.25) is 0 Å². The minimum absolute atomic E-state index is 0.250. The molecular formula is C30H20Br2O6S. The van der Waals surface area contributed by atoms with Crippen molar-refractivity contribution in [3.8, 4) is 0 Å². The van der Waals surface area contributed by atoms with Crippen molar-refractivity contribution in [3.63, 3.8) is 0 Å². The van der Waals surface area contributed by atoms with Gasteiger partial charge in [0, 0.05) is 29.9 Å². The second-order valence-corrected chi connectivity index (χ2v) is 11.0. The average Bonchev–Trinajstić information content (AvgIpc) is 2.95. The maximum atomic E-state index is 12.9. The molecule has 0 aliphatic rings. The van der Waals surface area contributed by atoms with Gasteiger partial charge in [0.05, 0.1) is 11.1 Å². The van der Waals surface area contributed by atoms with Gasteiger partial charge in [-0.25, -0.2) is 9.59 Å². The second kappa shape index (κ2) is 13.5. The first-order valence-corrected chi connectivity index (χ1v) is 14.0. The Morgan fingerprint density at radius 3 is 1.28 bits per heavy atom. The molecule has 0 aromatic heterocycles. The van der Waals surface area contributed by atoms with Gasteiger partial charge in [-0.3, -0.25) is 9.59 Å². The number of Topliss-reactive ketones (excluding diaryl/α,β-unsaturated/α-hetero) is 2. The Kier molecular flexibility index (Phi) is 9.86. The lowest BCUT2D eigenvalue weighted by atomic mass is 10.1. The molecule has 0 N–H and O–H groups in total. The third-order valence-corrected chi connectivity index (χ3v) is 7.64. The van der Waals surface area contributed by atoms with Crippen molar-refractivity contribution in [1.29, 1.82) is 0 Å². The van der Waals surface area contributed by atoms with Crippen molar-refractivity contribution >= 4 is 67.1 Å². The summed E-state index contributed by atoms with van der Waals surface area (Å²) in [6.45, 7) is -0.816. The van der Waals surface area contributed by atoms with E-state index in [0.717, 1.165) is 8.95 Å². The molecule has 0 bridgehead atoms. The van der Waals surface area contributed by atoms with Gasteiger partial charge in [0.25, 0.3) is 0 Å². The number of benzene rings is 4. The van der Waals surface area contributed by atoms with E-state index in [1.54, 1.807) is 97.1 Å². The molecule has 9 heteroatoms. The third-order valence-electron chi connectivity index (χ3n) is 5.43. The van der Waals surface area contributed by atoms with Crippen LogP contribution in [0.5, 0.6) is 0 Å². The Morgan fingerprint density at radius 2 is 0.897 bits per heavy atom. The van der Waals surface area contributed by atoms with E-state index in [0.29, 0.717) is 20.9 Å². The molecule has 0 amide bonds. The van der Waals surface area contributed by atoms with Crippen LogP contribution in [0.1, 0.15) is 41.4 Å². The monoisotopic (exact) mass is 666 g/mol. The van der Waals surface area contributed by atoms with Gasteiger partial charge in [-0.2, -0.15) is 0 Å². The average molecular weight is 668 g/mol. The molecule has 39 heavy (non-hydrogen) atoms. The Bertz CT molecular complexity index is 1400. The predicted molar refractivity (Wildman–Crippen MR) is 155 cm³/mol. The first-order valence-electron chi connectivity index (χ1n) is 11.6. The molecule has 0 heterocycles. The molecule has 0 fully saturated rings. The normalized spacial score (nSPS) is 10.5. The largest absolute Gasteiger partial charge is 0.454 e. The lowest BCUT2D eigenvalue weighted by molar-refractivity contribution is 0.0469. The summed E-state index contributed by atoms with van der Waals surface area (Å²) in [5.41, 5.74) is 1.36. The highest BCUT2D eigenvalue weighted by molar-refractivity contribution is 9.10. The summed E-state index contributed by atoms with van der Waals surface area (Å²) >= 11 is 7.82. The molecular weight excluding hydrogens is 648 g/mol. The van der Waals surface area contributed by atoms with Crippen LogP contribution in [-0.2, 0) is 9.47 Å². The van der Waals surface area contributed by atoms with E-state index in [9.17, 15) is 19.2 Å². The molecule has 0 aliphatic carbocycles. The summed E-state index contributed by atoms with van der Waals surface area (Å²) in [6, 6.07) is 27.0. The lowest BCUT2D eigenvalue weighted by Crippen LogP contribution is -2.15. The zero-order valence-electron chi connectivity index (χ0n) is 20.3. The van der Waals surface area contributed by atoms with Crippen molar-refractivity contribution < 1.29 is 28.7 Å². The van der Waals surface area contributed by atoms with Gasteiger partial charge in [-0.1, -0.05) is 92.2 Å². The Balaban J connectivity index is 1.43. The maximum absolute atomic E-state index is 12.9. The van der Waals surface area contributed by atoms with Crippen molar-refractivity contribution in [2.75, 3.05) is 13.2 Å². The molecule has 0 aliphatic heterocycles. The topological polar surface area (TPSA) is 86.7 Å². The quantitative estimate of drug-likeness (QED) is 0.128. The Hall–Kier alpha value is -3.53. The van der Waals surface area contributed by atoms with Crippen LogP contribution in [0.3, 0.4) is 0 Å². The first-order chi connectivity index (χ1) is 18.8. The van der Waals surface area contributed by atoms with Crippen LogP contribution in [-0.4, -0.2) is 36.7 Å². The molecule has 4 aromatic carbocycles. The van der Waals surface area contributed by atoms with Gasteiger partial charge in [-0.15, -0.1) is 0 Å². The zero-order valence-corrected chi connectivity index (χ0v) is 24.3. The van der Waals surface area contributed by atoms with Crippen LogP contribution >= 0.6 is 43.6 Å². The van der Waals surface area contributed by atoms with Gasteiger partial charge in [0.1, 0.15) is 0 Å². The summed E-state index contributed by atoms with van der Waals surface area (Å²) in [5, 5.41) is 0. The van der Waals surface area contributed by atoms with Crippen LogP contribution in [0.15, 0.2) is 116 Å². The maximum Gasteiger partial charge on any atom is 0.339 e. The molecule has 196 valence electrons. The third kappa shape index (κ3) is 7.75. The van der Waals surface area contributed by atoms with Crippen molar-refractivity contribution in [2.45, 2.75) is 9.79 Å². The van der Waals surface area contributed by atoms with Gasteiger partial charge in [0.15, 0.2) is 24.8 Å². The molecule has 4 aromatic rings. The number of carbonyl (C=O) groups excluding carboxylic acids is 4. The lowest BCUT2D eigenvalue weighted by Gasteiger charge is -2.12. The van der Waals surface area contributed by atoms with E-state index in [4.69, 9.17) is 9.47 Å². The highest BCUT2D eigenvalue weighted by Gasteiger charge is 2.20. The number of rotatable bonds is 10. The Morgan fingerprint density at radius 1 is 0.538 bits per heavy atom. The van der Waals surface area contributed by atoms with Gasteiger partial charge in [0.2, 0.25) is 0 Å². The highest BCUT2D eigenvalue weighted by atomic mass is 79.9. The fourth-order valence-corrected chi connectivity index (χ4v) is 5.00. The predicted octanol–water partition coefficient (Wildman–Crippen LogP) is 7.44. The molecule has 0 saturated carbocycles. The fraction of sp³-hybridized carbons (Fsp3) is 0.0667. The SMILES string of the molecule is O=C(COC(=O)c1ccccc1Sc1ccccc1C(=O)OCC(=O)c1ccc(Br)cc1)c1ccc(Br)cc1. The van der Waals surface area contributed by atoms with E-state index in [1.807, 2.05) is 0 Å². The zero-order chi connectivity index (χ0) is 27.8. The number of halogens is 2. The minimum atomic E-state index is -0.663. The smallest absolute Gasteiger partial charge is 0.339 e. The molecule has 0 saturated heterocycles. The second-order valence-electron chi connectivity index (χ2n) is 8.11. The summed E-state index contributed by atoms with van der Waals surface area (Å²) in [7, 11) is 0. The van der Waals surface area contributed by atoms with Crippen LogP contribution in [0, 0.1) is 0 Å². The fourth-order valence-electron chi connectivity index (χ4n) is 3.42. The number of esters is 2. The van der Waals surface area contributed by atoms with E-state index < -0.39 is 25.2 Å². The van der Waals surface area contributed by atoms with E-state index >= 15 is 0 Å².